The summed E-state index contributed by atoms with van der Waals surface area (Å²) in [6.45, 7) is 5.24. The minimum absolute atomic E-state index is 0.0207. The van der Waals surface area contributed by atoms with Crippen molar-refractivity contribution in [3.05, 3.63) is 33.9 Å². The SMILES string of the molecule is CC(C)CNC(=O)N1CCCc2ccc([N+](=O)[O-])cc21. The smallest absolute Gasteiger partial charge is 0.321 e. The molecule has 1 N–H and O–H groups in total. The number of hydrogen-bond acceptors (Lipinski definition) is 3. The van der Waals surface area contributed by atoms with E-state index in [1.54, 1.807) is 11.0 Å². The minimum atomic E-state index is -0.431. The van der Waals surface area contributed by atoms with Crippen LogP contribution in [0.5, 0.6) is 0 Å². The number of nitro groups is 1. The fourth-order valence-corrected chi connectivity index (χ4v) is 2.27. The lowest BCUT2D eigenvalue weighted by atomic mass is 10.0. The lowest BCUT2D eigenvalue weighted by Crippen LogP contribution is -2.44. The van der Waals surface area contributed by atoms with E-state index in [-0.39, 0.29) is 11.7 Å². The molecule has 2 amide bonds. The molecule has 0 spiro atoms. The molecule has 6 heteroatoms. The Morgan fingerprint density at radius 2 is 2.25 bits per heavy atom. The lowest BCUT2D eigenvalue weighted by Gasteiger charge is -2.29. The number of nitrogens with one attached hydrogen (secondary N) is 1. The third-order valence-electron chi connectivity index (χ3n) is 3.31. The van der Waals surface area contributed by atoms with Gasteiger partial charge in [0.05, 0.1) is 10.6 Å². The Bertz CT molecular complexity index is 528. The van der Waals surface area contributed by atoms with Gasteiger partial charge in [-0.05, 0) is 24.3 Å². The molecule has 2 rings (SSSR count). The second-order valence-corrected chi connectivity index (χ2v) is 5.41. The highest BCUT2D eigenvalue weighted by Gasteiger charge is 2.24. The Balaban J connectivity index is 2.24. The van der Waals surface area contributed by atoms with E-state index in [0.29, 0.717) is 24.7 Å². The topological polar surface area (TPSA) is 75.5 Å². The van der Waals surface area contributed by atoms with Crippen molar-refractivity contribution in [2.24, 2.45) is 5.92 Å². The first-order valence-corrected chi connectivity index (χ1v) is 6.81. The maximum Gasteiger partial charge on any atom is 0.321 e. The molecule has 0 bridgehead atoms. The van der Waals surface area contributed by atoms with Gasteiger partial charge in [-0.3, -0.25) is 15.0 Å². The molecule has 20 heavy (non-hydrogen) atoms. The standard InChI is InChI=1S/C14H19N3O3/c1-10(2)9-15-14(18)16-7-3-4-11-5-6-12(17(19)20)8-13(11)16/h5-6,8,10H,3-4,7,9H2,1-2H3,(H,15,18). The van der Waals surface area contributed by atoms with E-state index in [4.69, 9.17) is 0 Å². The first-order chi connectivity index (χ1) is 9.49. The monoisotopic (exact) mass is 277 g/mol. The van der Waals surface area contributed by atoms with Crippen molar-refractivity contribution < 1.29 is 9.72 Å². The van der Waals surface area contributed by atoms with Gasteiger partial charge in [-0.25, -0.2) is 4.79 Å². The van der Waals surface area contributed by atoms with Gasteiger partial charge in [-0.2, -0.15) is 0 Å². The maximum atomic E-state index is 12.2. The summed E-state index contributed by atoms with van der Waals surface area (Å²) in [6.07, 6.45) is 1.72. The number of rotatable bonds is 3. The van der Waals surface area contributed by atoms with E-state index in [1.165, 1.54) is 12.1 Å². The Hall–Kier alpha value is -2.11. The predicted octanol–water partition coefficient (Wildman–Crippen LogP) is 2.71. The molecule has 0 aliphatic carbocycles. The lowest BCUT2D eigenvalue weighted by molar-refractivity contribution is -0.384. The number of amides is 2. The zero-order chi connectivity index (χ0) is 14.7. The van der Waals surface area contributed by atoms with Crippen molar-refractivity contribution >= 4 is 17.4 Å². The summed E-state index contributed by atoms with van der Waals surface area (Å²) in [7, 11) is 0. The van der Waals surface area contributed by atoms with Crippen molar-refractivity contribution in [3.63, 3.8) is 0 Å². The van der Waals surface area contributed by atoms with Crippen LogP contribution in [0.15, 0.2) is 18.2 Å². The van der Waals surface area contributed by atoms with Crippen molar-refractivity contribution in [1.82, 2.24) is 5.32 Å². The Labute approximate surface area is 117 Å². The molecule has 0 saturated heterocycles. The van der Waals surface area contributed by atoms with Crippen molar-refractivity contribution in [3.8, 4) is 0 Å². The molecule has 0 atom stereocenters. The van der Waals surface area contributed by atoms with Gasteiger partial charge < -0.3 is 5.32 Å². The largest absolute Gasteiger partial charge is 0.337 e. The fourth-order valence-electron chi connectivity index (χ4n) is 2.27. The molecule has 0 fully saturated rings. The maximum absolute atomic E-state index is 12.2. The van der Waals surface area contributed by atoms with Crippen LogP contribution in [0.3, 0.4) is 0 Å². The van der Waals surface area contributed by atoms with Crippen LogP contribution in [0.1, 0.15) is 25.8 Å². The van der Waals surface area contributed by atoms with Crippen molar-refractivity contribution in [1.29, 1.82) is 0 Å². The van der Waals surface area contributed by atoms with Crippen LogP contribution in [-0.2, 0) is 6.42 Å². The molecule has 0 radical (unpaired) electrons. The minimum Gasteiger partial charge on any atom is -0.337 e. The number of nitro benzene ring substituents is 1. The third kappa shape index (κ3) is 3.07. The van der Waals surface area contributed by atoms with E-state index >= 15 is 0 Å². The normalized spacial score (nSPS) is 14.1. The number of hydrogen-bond donors (Lipinski definition) is 1. The Morgan fingerprint density at radius 1 is 1.50 bits per heavy atom. The third-order valence-corrected chi connectivity index (χ3v) is 3.31. The Morgan fingerprint density at radius 3 is 2.90 bits per heavy atom. The van der Waals surface area contributed by atoms with Gasteiger partial charge in [-0.15, -0.1) is 0 Å². The van der Waals surface area contributed by atoms with Crippen LogP contribution in [0.4, 0.5) is 16.2 Å². The molecule has 1 aliphatic heterocycles. The van der Waals surface area contributed by atoms with E-state index in [0.717, 1.165) is 18.4 Å². The van der Waals surface area contributed by atoms with Gasteiger partial charge in [0.2, 0.25) is 0 Å². The number of nitrogens with zero attached hydrogens (tertiary/aromatic N) is 2. The summed E-state index contributed by atoms with van der Waals surface area (Å²) < 4.78 is 0. The molecule has 0 aromatic heterocycles. The molecule has 1 aromatic rings. The summed E-state index contributed by atoms with van der Waals surface area (Å²) in [5.74, 6) is 0.369. The van der Waals surface area contributed by atoms with E-state index < -0.39 is 4.92 Å². The zero-order valence-electron chi connectivity index (χ0n) is 11.8. The highest BCUT2D eigenvalue weighted by molar-refractivity contribution is 5.93. The average molecular weight is 277 g/mol. The molecular weight excluding hydrogens is 258 g/mol. The molecule has 1 aromatic carbocycles. The van der Waals surface area contributed by atoms with Gasteiger partial charge in [0, 0.05) is 25.2 Å². The molecule has 1 heterocycles. The number of carbonyl (C=O) groups is 1. The second-order valence-electron chi connectivity index (χ2n) is 5.41. The molecule has 108 valence electrons. The van der Waals surface area contributed by atoms with Crippen molar-refractivity contribution in [2.45, 2.75) is 26.7 Å². The molecular formula is C14H19N3O3. The summed E-state index contributed by atoms with van der Waals surface area (Å²) in [5, 5.41) is 13.7. The predicted molar refractivity (Wildman–Crippen MR) is 77.0 cm³/mol. The number of fused-ring (bicyclic) bond motifs is 1. The number of aryl methyl sites for hydroxylation is 1. The summed E-state index contributed by atoms with van der Waals surface area (Å²) in [6, 6.07) is 4.55. The van der Waals surface area contributed by atoms with E-state index in [1.807, 2.05) is 13.8 Å². The first kappa shape index (κ1) is 14.3. The van der Waals surface area contributed by atoms with E-state index in [2.05, 4.69) is 5.32 Å². The molecule has 0 unspecified atom stereocenters. The van der Waals surface area contributed by atoms with Crippen LogP contribution in [0, 0.1) is 16.0 Å². The van der Waals surface area contributed by atoms with Gasteiger partial charge in [0.1, 0.15) is 0 Å². The summed E-state index contributed by atoms with van der Waals surface area (Å²) in [5.41, 5.74) is 1.67. The molecule has 6 nitrogen and oxygen atoms in total. The first-order valence-electron chi connectivity index (χ1n) is 6.81. The summed E-state index contributed by atoms with van der Waals surface area (Å²) in [4.78, 5) is 24.2. The van der Waals surface area contributed by atoms with Crippen LogP contribution < -0.4 is 10.2 Å². The van der Waals surface area contributed by atoms with Crippen molar-refractivity contribution in [2.75, 3.05) is 18.0 Å². The highest BCUT2D eigenvalue weighted by Crippen LogP contribution is 2.30. The number of urea groups is 1. The average Bonchev–Trinajstić information content (AvgIpc) is 2.43. The number of carbonyl (C=O) groups excluding carboxylic acids is 1. The van der Waals surface area contributed by atoms with Gasteiger partial charge in [0.25, 0.3) is 5.69 Å². The summed E-state index contributed by atoms with van der Waals surface area (Å²) >= 11 is 0. The van der Waals surface area contributed by atoms with Crippen LogP contribution in [0.2, 0.25) is 0 Å². The number of anilines is 1. The van der Waals surface area contributed by atoms with Crippen LogP contribution >= 0.6 is 0 Å². The Kier molecular flexibility index (Phi) is 4.22. The number of benzene rings is 1. The van der Waals surface area contributed by atoms with Gasteiger partial charge in [0.15, 0.2) is 0 Å². The quantitative estimate of drug-likeness (QED) is 0.681. The fraction of sp³-hybridized carbons (Fsp3) is 0.500. The zero-order valence-corrected chi connectivity index (χ0v) is 11.8. The van der Waals surface area contributed by atoms with Crippen LogP contribution in [0.25, 0.3) is 0 Å². The van der Waals surface area contributed by atoms with E-state index in [9.17, 15) is 14.9 Å². The molecule has 0 saturated carbocycles. The molecule has 1 aliphatic rings. The van der Waals surface area contributed by atoms with Gasteiger partial charge in [-0.1, -0.05) is 19.9 Å². The number of non-ortho nitro benzene ring substituents is 1. The van der Waals surface area contributed by atoms with Crippen LogP contribution in [-0.4, -0.2) is 24.0 Å². The second kappa shape index (κ2) is 5.90. The highest BCUT2D eigenvalue weighted by atomic mass is 16.6. The van der Waals surface area contributed by atoms with Gasteiger partial charge >= 0.3 is 6.03 Å².